The smallest absolute Gasteiger partial charge is 0.407 e. The minimum atomic E-state index is -0.810. The molecule has 1 N–H and O–H groups in total. The number of oxazole rings is 1. The van der Waals surface area contributed by atoms with Crippen LogP contribution in [-0.4, -0.2) is 21.2 Å². The molecular formula is C17H13N3O6. The number of carbonyl (C=O) groups is 2. The maximum Gasteiger partial charge on any atom is 0.420 e. The summed E-state index contributed by atoms with van der Waals surface area (Å²) in [5.74, 6) is -1.56. The highest BCUT2D eigenvalue weighted by Crippen LogP contribution is 2.20. The van der Waals surface area contributed by atoms with Crippen LogP contribution in [0.4, 0.5) is 11.4 Å². The Kier molecular flexibility index (Phi) is 4.36. The summed E-state index contributed by atoms with van der Waals surface area (Å²) >= 11 is 0. The van der Waals surface area contributed by atoms with Gasteiger partial charge in [-0.1, -0.05) is 12.1 Å². The predicted molar refractivity (Wildman–Crippen MR) is 92.2 cm³/mol. The van der Waals surface area contributed by atoms with E-state index < -0.39 is 16.6 Å². The van der Waals surface area contributed by atoms with Crippen molar-refractivity contribution in [2.24, 2.45) is 0 Å². The lowest BCUT2D eigenvalue weighted by Gasteiger charge is -2.09. The van der Waals surface area contributed by atoms with Gasteiger partial charge in [-0.3, -0.25) is 24.3 Å². The van der Waals surface area contributed by atoms with Crippen LogP contribution in [0, 0.1) is 10.1 Å². The highest BCUT2D eigenvalue weighted by atomic mass is 16.6. The van der Waals surface area contributed by atoms with E-state index >= 15 is 0 Å². The Morgan fingerprint density at radius 3 is 2.65 bits per heavy atom. The Balaban J connectivity index is 1.88. The average Bonchev–Trinajstić information content (AvgIpc) is 2.90. The number of para-hydroxylation sites is 1. The molecule has 132 valence electrons. The number of aromatic nitrogens is 1. The molecule has 0 aliphatic heterocycles. The van der Waals surface area contributed by atoms with E-state index in [1.165, 1.54) is 19.1 Å². The molecule has 0 aliphatic carbocycles. The first-order valence-electron chi connectivity index (χ1n) is 7.54. The molecule has 0 atom stereocenters. The fraction of sp³-hybridized carbons (Fsp3) is 0.118. The second kappa shape index (κ2) is 6.63. The number of hydrogen-bond acceptors (Lipinski definition) is 6. The van der Waals surface area contributed by atoms with Gasteiger partial charge in [0, 0.05) is 11.6 Å². The van der Waals surface area contributed by atoms with E-state index in [4.69, 9.17) is 4.42 Å². The summed E-state index contributed by atoms with van der Waals surface area (Å²) in [4.78, 5) is 46.1. The highest BCUT2D eigenvalue weighted by Gasteiger charge is 2.17. The first-order chi connectivity index (χ1) is 12.4. The van der Waals surface area contributed by atoms with E-state index in [1.807, 2.05) is 0 Å². The van der Waals surface area contributed by atoms with E-state index in [0.29, 0.717) is 11.3 Å². The quantitative estimate of drug-likeness (QED) is 0.425. The number of nitrogens with zero attached hydrogens (tertiary/aromatic N) is 2. The molecule has 0 saturated heterocycles. The van der Waals surface area contributed by atoms with Gasteiger partial charge in [0.25, 0.3) is 5.69 Å². The average molecular weight is 355 g/mol. The molecule has 0 aliphatic rings. The lowest BCUT2D eigenvalue weighted by Crippen LogP contribution is -2.25. The van der Waals surface area contributed by atoms with Gasteiger partial charge in [-0.05, 0) is 25.1 Å². The number of fused-ring (bicyclic) bond motifs is 1. The zero-order chi connectivity index (χ0) is 18.8. The predicted octanol–water partition coefficient (Wildman–Crippen LogP) is 2.34. The molecule has 2 aromatic carbocycles. The Morgan fingerprint density at radius 1 is 1.23 bits per heavy atom. The van der Waals surface area contributed by atoms with Gasteiger partial charge in [0.15, 0.2) is 11.4 Å². The summed E-state index contributed by atoms with van der Waals surface area (Å²) in [7, 11) is 0. The molecule has 9 heteroatoms. The first-order valence-corrected chi connectivity index (χ1v) is 7.54. The van der Waals surface area contributed by atoms with Gasteiger partial charge < -0.3 is 9.73 Å². The third kappa shape index (κ3) is 3.22. The van der Waals surface area contributed by atoms with Crippen molar-refractivity contribution < 1.29 is 18.9 Å². The molecular weight excluding hydrogens is 342 g/mol. The maximum absolute atomic E-state index is 12.3. The molecule has 9 nitrogen and oxygen atoms in total. The van der Waals surface area contributed by atoms with Gasteiger partial charge >= 0.3 is 5.76 Å². The molecule has 0 unspecified atom stereocenters. The van der Waals surface area contributed by atoms with Crippen LogP contribution in [0.15, 0.2) is 51.7 Å². The zero-order valence-corrected chi connectivity index (χ0v) is 13.6. The van der Waals surface area contributed by atoms with Crippen molar-refractivity contribution in [1.82, 2.24) is 4.57 Å². The van der Waals surface area contributed by atoms with Crippen LogP contribution in [-0.2, 0) is 11.3 Å². The van der Waals surface area contributed by atoms with Crippen molar-refractivity contribution in [3.05, 3.63) is 68.7 Å². The standard InChI is InChI=1S/C17H13N3O6/c1-10(21)12-4-2-3-5-13(12)18-16(22)9-19-14-7-6-11(20(24)25)8-15(14)26-17(19)23/h2-8H,9H2,1H3,(H,18,22). The van der Waals surface area contributed by atoms with Crippen LogP contribution >= 0.6 is 0 Å². The number of hydrogen-bond donors (Lipinski definition) is 1. The van der Waals surface area contributed by atoms with Crippen LogP contribution in [0.2, 0.25) is 0 Å². The summed E-state index contributed by atoms with van der Waals surface area (Å²) < 4.78 is 6.03. The van der Waals surface area contributed by atoms with Gasteiger partial charge in [0.2, 0.25) is 5.91 Å². The van der Waals surface area contributed by atoms with Gasteiger partial charge in [0.05, 0.1) is 22.2 Å². The van der Waals surface area contributed by atoms with Gasteiger partial charge in [-0.25, -0.2) is 4.79 Å². The molecule has 0 bridgehead atoms. The lowest BCUT2D eigenvalue weighted by atomic mass is 10.1. The molecule has 0 spiro atoms. The number of anilines is 1. The van der Waals surface area contributed by atoms with Crippen LogP contribution in [0.1, 0.15) is 17.3 Å². The third-order valence-corrected chi connectivity index (χ3v) is 3.74. The van der Waals surface area contributed by atoms with E-state index in [9.17, 15) is 24.5 Å². The maximum atomic E-state index is 12.3. The van der Waals surface area contributed by atoms with E-state index in [-0.39, 0.29) is 29.1 Å². The third-order valence-electron chi connectivity index (χ3n) is 3.74. The molecule has 3 rings (SSSR count). The topological polar surface area (TPSA) is 124 Å². The fourth-order valence-electron chi connectivity index (χ4n) is 2.55. The number of Topliss-reactive ketones (excluding diaryl/α,β-unsaturated/α-hetero) is 1. The van der Waals surface area contributed by atoms with Crippen molar-refractivity contribution in [1.29, 1.82) is 0 Å². The number of ketones is 1. The van der Waals surface area contributed by atoms with Crippen molar-refractivity contribution in [3.63, 3.8) is 0 Å². The van der Waals surface area contributed by atoms with Gasteiger partial charge in [-0.15, -0.1) is 0 Å². The zero-order valence-electron chi connectivity index (χ0n) is 13.6. The summed E-state index contributed by atoms with van der Waals surface area (Å²) in [6.45, 7) is 1.02. The van der Waals surface area contributed by atoms with Gasteiger partial charge in [0.1, 0.15) is 6.54 Å². The summed E-state index contributed by atoms with van der Waals surface area (Å²) in [6.07, 6.45) is 0. The van der Waals surface area contributed by atoms with E-state index in [1.54, 1.807) is 24.3 Å². The van der Waals surface area contributed by atoms with Crippen molar-refractivity contribution in [3.8, 4) is 0 Å². The summed E-state index contributed by atoms with van der Waals surface area (Å²) in [6, 6.07) is 10.2. The minimum absolute atomic E-state index is 0.0149. The number of nitro benzene ring substituents is 1. The summed E-state index contributed by atoms with van der Waals surface area (Å²) in [5, 5.41) is 13.4. The number of nitro groups is 1. The molecule has 0 radical (unpaired) electrons. The Hall–Kier alpha value is -3.75. The molecule has 3 aromatic rings. The fourth-order valence-corrected chi connectivity index (χ4v) is 2.55. The van der Waals surface area contributed by atoms with Gasteiger partial charge in [-0.2, -0.15) is 0 Å². The normalized spacial score (nSPS) is 10.7. The van der Waals surface area contributed by atoms with Crippen molar-refractivity contribution in [2.75, 3.05) is 5.32 Å². The number of benzene rings is 2. The van der Waals surface area contributed by atoms with E-state index in [2.05, 4.69) is 5.32 Å². The largest absolute Gasteiger partial charge is 0.420 e. The molecule has 1 heterocycles. The number of rotatable bonds is 5. The van der Waals surface area contributed by atoms with Crippen LogP contribution in [0.3, 0.4) is 0 Å². The first kappa shape index (κ1) is 17.1. The molecule has 1 amide bonds. The second-order valence-electron chi connectivity index (χ2n) is 5.51. The van der Waals surface area contributed by atoms with Crippen LogP contribution in [0.25, 0.3) is 11.1 Å². The second-order valence-corrected chi connectivity index (χ2v) is 5.51. The van der Waals surface area contributed by atoms with Crippen LogP contribution in [0.5, 0.6) is 0 Å². The molecule has 0 saturated carbocycles. The highest BCUT2D eigenvalue weighted by molar-refractivity contribution is 6.03. The summed E-state index contributed by atoms with van der Waals surface area (Å²) in [5.41, 5.74) is 0.734. The number of non-ortho nitro benzene ring substituents is 1. The Morgan fingerprint density at radius 2 is 1.96 bits per heavy atom. The van der Waals surface area contributed by atoms with Crippen molar-refractivity contribution >= 4 is 34.2 Å². The Bertz CT molecular complexity index is 1100. The number of amides is 1. The molecule has 0 fully saturated rings. The number of nitrogens with one attached hydrogen (secondary N) is 1. The lowest BCUT2D eigenvalue weighted by molar-refractivity contribution is -0.384. The van der Waals surface area contributed by atoms with Crippen LogP contribution < -0.4 is 11.1 Å². The molecule has 26 heavy (non-hydrogen) atoms. The SMILES string of the molecule is CC(=O)c1ccccc1NC(=O)Cn1c(=O)oc2cc([N+](=O)[O-])ccc21. The minimum Gasteiger partial charge on any atom is -0.407 e. The number of carbonyl (C=O) groups excluding carboxylic acids is 2. The van der Waals surface area contributed by atoms with Crippen molar-refractivity contribution in [2.45, 2.75) is 13.5 Å². The monoisotopic (exact) mass is 355 g/mol. The van der Waals surface area contributed by atoms with E-state index in [0.717, 1.165) is 10.6 Å². The Labute approximate surface area is 146 Å². The molecule has 1 aromatic heterocycles.